The van der Waals surface area contributed by atoms with E-state index in [0.717, 1.165) is 50.4 Å². The van der Waals surface area contributed by atoms with Crippen LogP contribution in [-0.2, 0) is 4.74 Å². The smallest absolute Gasteiger partial charge is 0.163 e. The summed E-state index contributed by atoms with van der Waals surface area (Å²) in [7, 11) is 0. The van der Waals surface area contributed by atoms with Gasteiger partial charge < -0.3 is 4.74 Å². The van der Waals surface area contributed by atoms with Gasteiger partial charge in [-0.15, -0.1) is 12.4 Å². The van der Waals surface area contributed by atoms with Crippen LogP contribution in [-0.4, -0.2) is 43.5 Å². The molecule has 1 aliphatic rings. The van der Waals surface area contributed by atoms with Crippen LogP contribution in [0.5, 0.6) is 0 Å². The van der Waals surface area contributed by atoms with Crippen molar-refractivity contribution >= 4 is 18.2 Å². The molecule has 112 valence electrons. The third-order valence-corrected chi connectivity index (χ3v) is 3.66. The van der Waals surface area contributed by atoms with E-state index in [2.05, 4.69) is 17.9 Å². The van der Waals surface area contributed by atoms with Gasteiger partial charge in [-0.1, -0.05) is 23.8 Å². The van der Waals surface area contributed by atoms with Gasteiger partial charge in [0.05, 0.1) is 13.2 Å². The third-order valence-electron chi connectivity index (χ3n) is 3.66. The van der Waals surface area contributed by atoms with Gasteiger partial charge in [-0.3, -0.25) is 9.69 Å². The Bertz CT molecular complexity index is 442. The van der Waals surface area contributed by atoms with Crippen molar-refractivity contribution in [2.45, 2.75) is 26.7 Å². The zero-order chi connectivity index (χ0) is 13.7. The van der Waals surface area contributed by atoms with Crippen LogP contribution in [0.4, 0.5) is 0 Å². The molecule has 0 aromatic heterocycles. The average Bonchev–Trinajstić information content (AvgIpc) is 2.39. The molecular weight excluding hydrogens is 274 g/mol. The summed E-state index contributed by atoms with van der Waals surface area (Å²) in [4.78, 5) is 14.5. The van der Waals surface area contributed by atoms with Gasteiger partial charge in [-0.2, -0.15) is 0 Å². The van der Waals surface area contributed by atoms with Crippen LogP contribution in [0.3, 0.4) is 0 Å². The number of ketones is 1. The zero-order valence-electron chi connectivity index (χ0n) is 12.4. The van der Waals surface area contributed by atoms with Crippen LogP contribution >= 0.6 is 12.4 Å². The lowest BCUT2D eigenvalue weighted by Gasteiger charge is -2.26. The molecule has 0 N–H and O–H groups in total. The number of Topliss-reactive ketones (excluding diaryl/α,β-unsaturated/α-hetero) is 1. The van der Waals surface area contributed by atoms with Crippen molar-refractivity contribution in [3.8, 4) is 0 Å². The fourth-order valence-corrected chi connectivity index (χ4v) is 2.55. The summed E-state index contributed by atoms with van der Waals surface area (Å²) in [6, 6.07) is 6.05. The number of rotatable bonds is 5. The number of aryl methyl sites for hydroxylation is 2. The highest BCUT2D eigenvalue weighted by atomic mass is 35.5. The molecule has 1 aromatic rings. The van der Waals surface area contributed by atoms with Crippen molar-refractivity contribution in [3.63, 3.8) is 0 Å². The Morgan fingerprint density at radius 1 is 1.25 bits per heavy atom. The van der Waals surface area contributed by atoms with Gasteiger partial charge >= 0.3 is 0 Å². The van der Waals surface area contributed by atoms with Crippen molar-refractivity contribution in [1.29, 1.82) is 0 Å². The number of morpholine rings is 1. The second kappa shape index (κ2) is 8.40. The van der Waals surface area contributed by atoms with Gasteiger partial charge in [0.25, 0.3) is 0 Å². The highest BCUT2D eigenvalue weighted by Crippen LogP contribution is 2.14. The molecule has 0 bridgehead atoms. The molecule has 1 aliphatic heterocycles. The Morgan fingerprint density at radius 3 is 2.60 bits per heavy atom. The van der Waals surface area contributed by atoms with E-state index in [1.807, 2.05) is 19.1 Å². The van der Waals surface area contributed by atoms with E-state index in [0.29, 0.717) is 6.42 Å². The molecule has 1 heterocycles. The number of carbonyl (C=O) groups excluding carboxylic acids is 1. The molecule has 0 spiro atoms. The molecule has 0 radical (unpaired) electrons. The molecule has 20 heavy (non-hydrogen) atoms. The van der Waals surface area contributed by atoms with E-state index in [-0.39, 0.29) is 18.2 Å². The first kappa shape index (κ1) is 17.2. The minimum atomic E-state index is 0. The standard InChI is InChI=1S/C16H23NO2.ClH/c1-13-5-6-15(14(2)12-13)16(18)4-3-7-17-8-10-19-11-9-17;/h5-6,12H,3-4,7-11H2,1-2H3;1H. The molecule has 0 atom stereocenters. The summed E-state index contributed by atoms with van der Waals surface area (Å²) in [6.07, 6.45) is 1.58. The quantitative estimate of drug-likeness (QED) is 0.783. The first-order chi connectivity index (χ1) is 9.16. The van der Waals surface area contributed by atoms with Crippen LogP contribution in [0.1, 0.15) is 34.3 Å². The number of halogens is 1. The largest absolute Gasteiger partial charge is 0.379 e. The van der Waals surface area contributed by atoms with Crippen molar-refractivity contribution in [3.05, 3.63) is 34.9 Å². The number of nitrogens with zero attached hydrogens (tertiary/aromatic N) is 1. The fraction of sp³-hybridized carbons (Fsp3) is 0.562. The molecule has 0 amide bonds. The van der Waals surface area contributed by atoms with E-state index in [4.69, 9.17) is 4.74 Å². The molecule has 0 aliphatic carbocycles. The Hall–Kier alpha value is -0.900. The van der Waals surface area contributed by atoms with Gasteiger partial charge in [-0.05, 0) is 32.4 Å². The maximum absolute atomic E-state index is 12.2. The van der Waals surface area contributed by atoms with Crippen LogP contribution in [0.25, 0.3) is 0 Å². The normalized spacial score (nSPS) is 15.7. The monoisotopic (exact) mass is 297 g/mol. The summed E-state index contributed by atoms with van der Waals surface area (Å²) in [5, 5.41) is 0. The average molecular weight is 298 g/mol. The maximum Gasteiger partial charge on any atom is 0.163 e. The fourth-order valence-electron chi connectivity index (χ4n) is 2.55. The molecule has 0 unspecified atom stereocenters. The summed E-state index contributed by atoms with van der Waals surface area (Å²) in [5.41, 5.74) is 3.19. The Morgan fingerprint density at radius 2 is 1.95 bits per heavy atom. The minimum absolute atomic E-state index is 0. The van der Waals surface area contributed by atoms with Crippen molar-refractivity contribution < 1.29 is 9.53 Å². The lowest BCUT2D eigenvalue weighted by Crippen LogP contribution is -2.36. The molecule has 1 fully saturated rings. The van der Waals surface area contributed by atoms with Crippen molar-refractivity contribution in [2.75, 3.05) is 32.8 Å². The van der Waals surface area contributed by atoms with Crippen LogP contribution in [0.2, 0.25) is 0 Å². The van der Waals surface area contributed by atoms with Crippen molar-refractivity contribution in [2.24, 2.45) is 0 Å². The Labute approximate surface area is 127 Å². The third kappa shape index (κ3) is 4.89. The highest BCUT2D eigenvalue weighted by molar-refractivity contribution is 5.97. The van der Waals surface area contributed by atoms with Gasteiger partial charge in [0.15, 0.2) is 5.78 Å². The lowest BCUT2D eigenvalue weighted by atomic mass is 9.99. The number of hydrogen-bond acceptors (Lipinski definition) is 3. The van der Waals surface area contributed by atoms with Gasteiger partial charge in [0.2, 0.25) is 0 Å². The van der Waals surface area contributed by atoms with Crippen LogP contribution < -0.4 is 0 Å². The molecule has 0 saturated carbocycles. The van der Waals surface area contributed by atoms with E-state index in [9.17, 15) is 4.79 Å². The molecule has 3 nitrogen and oxygen atoms in total. The molecule has 2 rings (SSSR count). The van der Waals surface area contributed by atoms with Crippen molar-refractivity contribution in [1.82, 2.24) is 4.90 Å². The Balaban J connectivity index is 0.00000200. The summed E-state index contributed by atoms with van der Waals surface area (Å²) in [5.74, 6) is 0.269. The molecule has 1 saturated heterocycles. The molecule has 4 heteroatoms. The predicted molar refractivity (Wildman–Crippen MR) is 84.0 cm³/mol. The lowest BCUT2D eigenvalue weighted by molar-refractivity contribution is 0.0371. The van der Waals surface area contributed by atoms with E-state index in [1.54, 1.807) is 0 Å². The highest BCUT2D eigenvalue weighted by Gasteiger charge is 2.12. The second-order valence-corrected chi connectivity index (χ2v) is 5.30. The number of carbonyl (C=O) groups is 1. The maximum atomic E-state index is 12.2. The SMILES string of the molecule is Cc1ccc(C(=O)CCCN2CCOCC2)c(C)c1.Cl. The number of hydrogen-bond donors (Lipinski definition) is 0. The second-order valence-electron chi connectivity index (χ2n) is 5.30. The van der Waals surface area contributed by atoms with E-state index >= 15 is 0 Å². The van der Waals surface area contributed by atoms with Crippen LogP contribution in [0.15, 0.2) is 18.2 Å². The predicted octanol–water partition coefficient (Wildman–Crippen LogP) is 3.02. The Kier molecular flexibility index (Phi) is 7.20. The number of ether oxygens (including phenoxy) is 1. The summed E-state index contributed by atoms with van der Waals surface area (Å²) < 4.78 is 5.31. The zero-order valence-corrected chi connectivity index (χ0v) is 13.2. The van der Waals surface area contributed by atoms with Gasteiger partial charge in [0, 0.05) is 25.1 Å². The van der Waals surface area contributed by atoms with Crippen LogP contribution in [0, 0.1) is 13.8 Å². The van der Waals surface area contributed by atoms with Gasteiger partial charge in [-0.25, -0.2) is 0 Å². The minimum Gasteiger partial charge on any atom is -0.379 e. The molecule has 1 aromatic carbocycles. The van der Waals surface area contributed by atoms with E-state index < -0.39 is 0 Å². The molecular formula is C16H24ClNO2. The van der Waals surface area contributed by atoms with Gasteiger partial charge in [0.1, 0.15) is 0 Å². The van der Waals surface area contributed by atoms with E-state index in [1.165, 1.54) is 5.56 Å². The first-order valence-electron chi connectivity index (χ1n) is 7.07. The number of benzene rings is 1. The summed E-state index contributed by atoms with van der Waals surface area (Å²) >= 11 is 0. The topological polar surface area (TPSA) is 29.5 Å². The summed E-state index contributed by atoms with van der Waals surface area (Å²) in [6.45, 7) is 8.72. The first-order valence-corrected chi connectivity index (χ1v) is 7.07.